The van der Waals surface area contributed by atoms with Crippen LogP contribution in [-0.2, 0) is 16.1 Å². The number of ether oxygens (including phenoxy) is 1. The van der Waals surface area contributed by atoms with E-state index in [4.69, 9.17) is 4.74 Å². The summed E-state index contributed by atoms with van der Waals surface area (Å²) < 4.78 is 7.69. The second-order valence-electron chi connectivity index (χ2n) is 9.29. The van der Waals surface area contributed by atoms with Crippen molar-refractivity contribution >= 4 is 28.4 Å². The molecule has 190 valence electrons. The Balaban J connectivity index is 1.24. The number of rotatable bonds is 9. The summed E-state index contributed by atoms with van der Waals surface area (Å²) >= 11 is 0. The molecule has 1 saturated heterocycles. The molecule has 1 aromatic heterocycles. The molecule has 0 saturated carbocycles. The van der Waals surface area contributed by atoms with E-state index in [0.717, 1.165) is 61.5 Å². The summed E-state index contributed by atoms with van der Waals surface area (Å²) in [6.07, 6.45) is 2.22. The monoisotopic (exact) mass is 496 g/mol. The molecule has 1 aliphatic rings. The number of amides is 2. The van der Waals surface area contributed by atoms with Gasteiger partial charge in [-0.1, -0.05) is 48.5 Å². The zero-order chi connectivity index (χ0) is 25.5. The predicted octanol–water partition coefficient (Wildman–Crippen LogP) is 4.47. The lowest BCUT2D eigenvalue weighted by Crippen LogP contribution is -2.38. The van der Waals surface area contributed by atoms with E-state index >= 15 is 0 Å². The first-order chi connectivity index (χ1) is 18.2. The minimum Gasteiger partial charge on any atom is -0.379 e. The highest BCUT2D eigenvalue weighted by Gasteiger charge is 2.19. The Morgan fingerprint density at radius 1 is 0.865 bits per heavy atom. The number of nitrogens with zero attached hydrogens (tertiary/aromatic N) is 2. The van der Waals surface area contributed by atoms with Crippen LogP contribution in [0.2, 0.25) is 0 Å². The van der Waals surface area contributed by atoms with Crippen LogP contribution in [-0.4, -0.2) is 54.1 Å². The molecule has 37 heavy (non-hydrogen) atoms. The minimum absolute atomic E-state index is 0.126. The summed E-state index contributed by atoms with van der Waals surface area (Å²) in [4.78, 5) is 28.3. The normalized spacial score (nSPS) is 14.8. The van der Waals surface area contributed by atoms with Gasteiger partial charge in [0.2, 0.25) is 5.91 Å². The van der Waals surface area contributed by atoms with Gasteiger partial charge in [0.1, 0.15) is 0 Å². The van der Waals surface area contributed by atoms with Crippen LogP contribution in [0.1, 0.15) is 28.4 Å². The van der Waals surface area contributed by atoms with Crippen LogP contribution in [0.25, 0.3) is 10.9 Å². The van der Waals surface area contributed by atoms with Crippen LogP contribution < -0.4 is 10.6 Å². The van der Waals surface area contributed by atoms with Crippen LogP contribution in [0.5, 0.6) is 0 Å². The molecule has 1 aliphatic heterocycles. The fourth-order valence-corrected chi connectivity index (χ4v) is 4.71. The Morgan fingerprint density at radius 3 is 2.35 bits per heavy atom. The summed E-state index contributed by atoms with van der Waals surface area (Å²) in [6, 6.07) is 26.3. The number of hydrogen-bond donors (Lipinski definition) is 2. The molecule has 1 unspecified atom stereocenters. The Morgan fingerprint density at radius 2 is 1.59 bits per heavy atom. The molecule has 2 heterocycles. The Bertz CT molecular complexity index is 1330. The molecule has 2 N–H and O–H groups in total. The Hall–Kier alpha value is -3.94. The molecule has 7 nitrogen and oxygen atoms in total. The molecule has 7 heteroatoms. The van der Waals surface area contributed by atoms with Gasteiger partial charge >= 0.3 is 0 Å². The summed E-state index contributed by atoms with van der Waals surface area (Å²) in [5.41, 5.74) is 3.33. The van der Waals surface area contributed by atoms with Crippen molar-refractivity contribution in [1.29, 1.82) is 0 Å². The van der Waals surface area contributed by atoms with E-state index in [9.17, 15) is 9.59 Å². The molecular weight excluding hydrogens is 464 g/mol. The highest BCUT2D eigenvalue weighted by Crippen LogP contribution is 2.23. The van der Waals surface area contributed by atoms with Gasteiger partial charge in [-0.25, -0.2) is 0 Å². The largest absolute Gasteiger partial charge is 0.379 e. The van der Waals surface area contributed by atoms with E-state index in [1.54, 1.807) is 12.1 Å². The van der Waals surface area contributed by atoms with Crippen LogP contribution >= 0.6 is 0 Å². The van der Waals surface area contributed by atoms with Gasteiger partial charge in [0.05, 0.1) is 25.7 Å². The van der Waals surface area contributed by atoms with Gasteiger partial charge in [-0.05, 0) is 42.0 Å². The lowest BCUT2D eigenvalue weighted by Gasteiger charge is -2.26. The first kappa shape index (κ1) is 24.7. The average Bonchev–Trinajstić information content (AvgIpc) is 3.35. The second kappa shape index (κ2) is 11.9. The average molecular weight is 497 g/mol. The molecule has 5 rings (SSSR count). The highest BCUT2D eigenvalue weighted by atomic mass is 16.5. The van der Waals surface area contributed by atoms with Gasteiger partial charge < -0.3 is 19.9 Å². The molecule has 4 aromatic rings. The molecule has 1 fully saturated rings. The van der Waals surface area contributed by atoms with Crippen LogP contribution in [0.15, 0.2) is 91.1 Å². The Labute approximate surface area is 217 Å². The van der Waals surface area contributed by atoms with E-state index in [-0.39, 0.29) is 18.2 Å². The Kier molecular flexibility index (Phi) is 7.93. The SMILES string of the molecule is O=C(CC(NC(=O)c1ccccc1)c1ccccc1)Nc1ccc2c(ccn2CCN2CCOCC2)c1. The predicted molar refractivity (Wildman–Crippen MR) is 146 cm³/mol. The highest BCUT2D eigenvalue weighted by molar-refractivity contribution is 5.96. The van der Waals surface area contributed by atoms with Crippen molar-refractivity contribution in [3.63, 3.8) is 0 Å². The maximum atomic E-state index is 13.0. The van der Waals surface area contributed by atoms with E-state index in [1.165, 1.54) is 0 Å². The van der Waals surface area contributed by atoms with Crippen molar-refractivity contribution in [1.82, 2.24) is 14.8 Å². The standard InChI is InChI=1S/C30H32N4O3/c35-29(22-27(23-7-3-1-4-8-23)32-30(36)24-9-5-2-6-10-24)31-26-11-12-28-25(21-26)13-14-34(28)16-15-33-17-19-37-20-18-33/h1-14,21,27H,15-20,22H2,(H,31,35)(H,32,36). The van der Waals surface area contributed by atoms with Crippen LogP contribution in [0.3, 0.4) is 0 Å². The van der Waals surface area contributed by atoms with Gasteiger partial charge in [-0.15, -0.1) is 0 Å². The van der Waals surface area contributed by atoms with Gasteiger partial charge in [0, 0.05) is 54.5 Å². The van der Waals surface area contributed by atoms with Gasteiger partial charge in [-0.3, -0.25) is 14.5 Å². The van der Waals surface area contributed by atoms with Crippen molar-refractivity contribution in [3.8, 4) is 0 Å². The molecule has 0 bridgehead atoms. The fraction of sp³-hybridized carbons (Fsp3) is 0.267. The number of carbonyl (C=O) groups is 2. The number of fused-ring (bicyclic) bond motifs is 1. The number of benzene rings is 3. The molecule has 3 aromatic carbocycles. The van der Waals surface area contributed by atoms with Crippen LogP contribution in [0.4, 0.5) is 5.69 Å². The number of morpholine rings is 1. The zero-order valence-corrected chi connectivity index (χ0v) is 20.8. The molecule has 1 atom stereocenters. The summed E-state index contributed by atoms with van der Waals surface area (Å²) in [7, 11) is 0. The van der Waals surface area contributed by atoms with Gasteiger partial charge in [0.15, 0.2) is 0 Å². The van der Waals surface area contributed by atoms with Crippen molar-refractivity contribution < 1.29 is 14.3 Å². The topological polar surface area (TPSA) is 75.6 Å². The number of aromatic nitrogens is 1. The second-order valence-corrected chi connectivity index (χ2v) is 9.29. The number of anilines is 1. The molecule has 0 aliphatic carbocycles. The minimum atomic E-state index is -0.445. The first-order valence-electron chi connectivity index (χ1n) is 12.8. The summed E-state index contributed by atoms with van der Waals surface area (Å²) in [5.74, 6) is -0.365. The summed E-state index contributed by atoms with van der Waals surface area (Å²) in [6.45, 7) is 5.46. The third kappa shape index (κ3) is 6.44. The first-order valence-corrected chi connectivity index (χ1v) is 12.8. The third-order valence-corrected chi connectivity index (χ3v) is 6.75. The van der Waals surface area contributed by atoms with E-state index in [0.29, 0.717) is 5.56 Å². The smallest absolute Gasteiger partial charge is 0.251 e. The van der Waals surface area contributed by atoms with E-state index in [2.05, 4.69) is 38.4 Å². The van der Waals surface area contributed by atoms with E-state index in [1.807, 2.05) is 60.7 Å². The number of hydrogen-bond acceptors (Lipinski definition) is 4. The van der Waals surface area contributed by atoms with Crippen molar-refractivity contribution in [2.75, 3.05) is 38.2 Å². The number of carbonyl (C=O) groups excluding carboxylic acids is 2. The molecule has 2 amide bonds. The van der Waals surface area contributed by atoms with Gasteiger partial charge in [0.25, 0.3) is 5.91 Å². The van der Waals surface area contributed by atoms with E-state index < -0.39 is 6.04 Å². The lowest BCUT2D eigenvalue weighted by molar-refractivity contribution is -0.116. The third-order valence-electron chi connectivity index (χ3n) is 6.75. The zero-order valence-electron chi connectivity index (χ0n) is 20.8. The number of nitrogens with one attached hydrogen (secondary N) is 2. The summed E-state index contributed by atoms with van der Waals surface area (Å²) in [5, 5.41) is 7.12. The maximum absolute atomic E-state index is 13.0. The van der Waals surface area contributed by atoms with Gasteiger partial charge in [-0.2, -0.15) is 0 Å². The fourth-order valence-electron chi connectivity index (χ4n) is 4.71. The van der Waals surface area contributed by atoms with Crippen LogP contribution in [0, 0.1) is 0 Å². The lowest BCUT2D eigenvalue weighted by atomic mass is 10.0. The molecule has 0 radical (unpaired) electrons. The maximum Gasteiger partial charge on any atom is 0.251 e. The van der Waals surface area contributed by atoms with Crippen molar-refractivity contribution in [2.24, 2.45) is 0 Å². The van der Waals surface area contributed by atoms with Crippen molar-refractivity contribution in [3.05, 3.63) is 102 Å². The molecular formula is C30H32N4O3. The van der Waals surface area contributed by atoms with Crippen molar-refractivity contribution in [2.45, 2.75) is 19.0 Å². The quantitative estimate of drug-likeness (QED) is 0.359. The molecule has 0 spiro atoms.